The number of aliphatic hydroxyl groups excluding tert-OH is 1. The van der Waals surface area contributed by atoms with Crippen molar-refractivity contribution in [1.82, 2.24) is 0 Å². The summed E-state index contributed by atoms with van der Waals surface area (Å²) in [7, 11) is 0. The molecule has 0 spiro atoms. The average Bonchev–Trinajstić information content (AvgIpc) is 2.27. The maximum absolute atomic E-state index is 10.9. The van der Waals surface area contributed by atoms with Crippen LogP contribution in [0.25, 0.3) is 0 Å². The fourth-order valence-corrected chi connectivity index (χ4v) is 2.25. The molecule has 0 aliphatic rings. The summed E-state index contributed by atoms with van der Waals surface area (Å²) >= 11 is 1.19. The largest absolute Gasteiger partial charge is 0.392 e. The lowest BCUT2D eigenvalue weighted by molar-refractivity contribution is -0.388. The Morgan fingerprint density at radius 3 is 2.65 bits per heavy atom. The minimum Gasteiger partial charge on any atom is -0.392 e. The van der Waals surface area contributed by atoms with Crippen LogP contribution in [-0.4, -0.2) is 21.4 Å². The van der Waals surface area contributed by atoms with Crippen LogP contribution < -0.4 is 0 Å². The van der Waals surface area contributed by atoms with Crippen LogP contribution in [0.1, 0.15) is 19.4 Å². The van der Waals surface area contributed by atoms with Crippen LogP contribution in [0.2, 0.25) is 0 Å². The van der Waals surface area contributed by atoms with Crippen LogP contribution in [0, 0.1) is 21.4 Å². The van der Waals surface area contributed by atoms with Crippen molar-refractivity contribution in [1.29, 1.82) is 5.26 Å². The van der Waals surface area contributed by atoms with Crippen molar-refractivity contribution >= 4 is 17.4 Å². The molecule has 0 aliphatic carbocycles. The maximum Gasteiger partial charge on any atom is 0.300 e. The van der Waals surface area contributed by atoms with Gasteiger partial charge in [-0.05, 0) is 19.1 Å². The Labute approximate surface area is 103 Å². The summed E-state index contributed by atoms with van der Waals surface area (Å²) in [6.07, 6.45) is -0.578. The average molecular weight is 252 g/mol. The van der Waals surface area contributed by atoms with E-state index in [4.69, 9.17) is 5.26 Å². The number of hydrogen-bond donors (Lipinski definition) is 1. The highest BCUT2D eigenvalue weighted by molar-refractivity contribution is 8.00. The Kier molecular flexibility index (Phi) is 4.49. The van der Waals surface area contributed by atoms with Crippen LogP contribution in [0.5, 0.6) is 0 Å². The summed E-state index contributed by atoms with van der Waals surface area (Å²) in [4.78, 5) is 10.8. The lowest BCUT2D eigenvalue weighted by Gasteiger charge is -2.14. The monoisotopic (exact) mass is 252 g/mol. The number of rotatable bonds is 4. The van der Waals surface area contributed by atoms with Gasteiger partial charge in [-0.3, -0.25) is 10.1 Å². The minimum absolute atomic E-state index is 0.0396. The molecular weight excluding hydrogens is 240 g/mol. The van der Waals surface area contributed by atoms with E-state index in [1.54, 1.807) is 32.0 Å². The van der Waals surface area contributed by atoms with Gasteiger partial charge in [0.1, 0.15) is 11.6 Å². The van der Waals surface area contributed by atoms with Crippen molar-refractivity contribution in [3.05, 3.63) is 33.9 Å². The lowest BCUT2D eigenvalue weighted by atomic mass is 10.2. The number of nitro groups is 1. The van der Waals surface area contributed by atoms with Gasteiger partial charge in [0.15, 0.2) is 0 Å². The molecule has 2 unspecified atom stereocenters. The topological polar surface area (TPSA) is 87.2 Å². The first-order chi connectivity index (χ1) is 7.97. The van der Waals surface area contributed by atoms with E-state index in [1.165, 1.54) is 17.8 Å². The molecule has 90 valence electrons. The molecule has 1 aromatic carbocycles. The first kappa shape index (κ1) is 13.5. The molecule has 17 heavy (non-hydrogen) atoms. The Hall–Kier alpha value is -1.58. The molecule has 1 N–H and O–H groups in total. The second-order valence-corrected chi connectivity index (χ2v) is 5.00. The number of nitrogens with zero attached hydrogens (tertiary/aromatic N) is 2. The SMILES string of the molecule is CC(O)C(C)Sc1cccc(C#N)c1[N+](=O)[O-]. The summed E-state index contributed by atoms with van der Waals surface area (Å²) in [5, 5.41) is 29.0. The number of para-hydroxylation sites is 1. The van der Waals surface area contributed by atoms with Gasteiger partial charge >= 0.3 is 5.69 Å². The van der Waals surface area contributed by atoms with E-state index in [9.17, 15) is 15.2 Å². The predicted octanol–water partition coefficient (Wildman–Crippen LogP) is 2.33. The summed E-state index contributed by atoms with van der Waals surface area (Å²) in [6.45, 7) is 3.40. The molecule has 0 saturated carbocycles. The minimum atomic E-state index is -0.578. The van der Waals surface area contributed by atoms with E-state index in [-0.39, 0.29) is 16.5 Å². The fourth-order valence-electron chi connectivity index (χ4n) is 1.19. The number of nitriles is 1. The number of aliphatic hydroxyl groups is 1. The number of thioether (sulfide) groups is 1. The molecule has 5 nitrogen and oxygen atoms in total. The zero-order chi connectivity index (χ0) is 13.0. The van der Waals surface area contributed by atoms with Crippen molar-refractivity contribution < 1.29 is 10.0 Å². The van der Waals surface area contributed by atoms with Crippen LogP contribution in [0.15, 0.2) is 23.1 Å². The zero-order valence-electron chi connectivity index (χ0n) is 9.45. The van der Waals surface area contributed by atoms with E-state index < -0.39 is 11.0 Å². The molecule has 0 fully saturated rings. The molecule has 1 rings (SSSR count). The van der Waals surface area contributed by atoms with E-state index in [0.29, 0.717) is 4.90 Å². The molecule has 0 amide bonds. The van der Waals surface area contributed by atoms with Gasteiger partial charge in [0, 0.05) is 5.25 Å². The van der Waals surface area contributed by atoms with E-state index in [2.05, 4.69) is 0 Å². The molecule has 0 heterocycles. The van der Waals surface area contributed by atoms with Gasteiger partial charge in [-0.25, -0.2) is 0 Å². The molecule has 0 radical (unpaired) electrons. The van der Waals surface area contributed by atoms with Crippen LogP contribution in [0.3, 0.4) is 0 Å². The van der Waals surface area contributed by atoms with Crippen molar-refractivity contribution in [2.75, 3.05) is 0 Å². The van der Waals surface area contributed by atoms with Crippen LogP contribution in [0.4, 0.5) is 5.69 Å². The van der Waals surface area contributed by atoms with Gasteiger partial charge < -0.3 is 5.11 Å². The first-order valence-corrected chi connectivity index (χ1v) is 5.87. The highest BCUT2D eigenvalue weighted by Crippen LogP contribution is 2.35. The van der Waals surface area contributed by atoms with E-state index in [0.717, 1.165) is 0 Å². The predicted molar refractivity (Wildman–Crippen MR) is 64.8 cm³/mol. The second-order valence-electron chi connectivity index (χ2n) is 3.58. The summed E-state index contributed by atoms with van der Waals surface area (Å²) in [6, 6.07) is 6.40. The van der Waals surface area contributed by atoms with Crippen molar-refractivity contribution in [3.8, 4) is 6.07 Å². The molecule has 0 aliphatic heterocycles. The molecule has 0 bridgehead atoms. The molecule has 1 aromatic rings. The van der Waals surface area contributed by atoms with Gasteiger partial charge in [-0.15, -0.1) is 11.8 Å². The molecular formula is C11H12N2O3S. The Balaban J connectivity index is 3.16. The van der Waals surface area contributed by atoms with Gasteiger partial charge in [0.2, 0.25) is 0 Å². The van der Waals surface area contributed by atoms with E-state index >= 15 is 0 Å². The van der Waals surface area contributed by atoms with Crippen molar-refractivity contribution in [2.45, 2.75) is 30.1 Å². The first-order valence-electron chi connectivity index (χ1n) is 4.99. The highest BCUT2D eigenvalue weighted by Gasteiger charge is 2.22. The number of nitro benzene ring substituents is 1. The van der Waals surface area contributed by atoms with Crippen molar-refractivity contribution in [3.63, 3.8) is 0 Å². The zero-order valence-corrected chi connectivity index (χ0v) is 10.3. The summed E-state index contributed by atoms with van der Waals surface area (Å²) in [5.41, 5.74) is -0.148. The third-order valence-corrected chi connectivity index (χ3v) is 3.64. The Morgan fingerprint density at radius 1 is 1.53 bits per heavy atom. The van der Waals surface area contributed by atoms with Gasteiger partial charge in [-0.1, -0.05) is 13.0 Å². The standard InChI is InChI=1S/C11H12N2O3S/c1-7(14)8(2)17-10-5-3-4-9(6-12)11(10)13(15)16/h3-5,7-8,14H,1-2H3. The molecule has 0 aromatic heterocycles. The molecule has 6 heteroatoms. The fraction of sp³-hybridized carbons (Fsp3) is 0.364. The third-order valence-electron chi connectivity index (χ3n) is 2.29. The normalized spacial score (nSPS) is 13.8. The Bertz CT molecular complexity index is 468. The molecule has 0 saturated heterocycles. The molecule has 2 atom stereocenters. The summed E-state index contributed by atoms with van der Waals surface area (Å²) in [5.74, 6) is 0. The third kappa shape index (κ3) is 3.19. The quantitative estimate of drug-likeness (QED) is 0.505. The Morgan fingerprint density at radius 2 is 2.18 bits per heavy atom. The van der Waals surface area contributed by atoms with Gasteiger partial charge in [-0.2, -0.15) is 5.26 Å². The van der Waals surface area contributed by atoms with Crippen LogP contribution >= 0.6 is 11.8 Å². The van der Waals surface area contributed by atoms with Gasteiger partial charge in [0.05, 0.1) is 15.9 Å². The van der Waals surface area contributed by atoms with Gasteiger partial charge in [0.25, 0.3) is 0 Å². The highest BCUT2D eigenvalue weighted by atomic mass is 32.2. The maximum atomic E-state index is 10.9. The van der Waals surface area contributed by atoms with E-state index in [1.807, 2.05) is 0 Å². The smallest absolute Gasteiger partial charge is 0.300 e. The number of hydrogen-bond acceptors (Lipinski definition) is 5. The number of benzene rings is 1. The summed E-state index contributed by atoms with van der Waals surface area (Å²) < 4.78 is 0. The van der Waals surface area contributed by atoms with Crippen molar-refractivity contribution in [2.24, 2.45) is 0 Å². The van der Waals surface area contributed by atoms with Crippen LogP contribution in [-0.2, 0) is 0 Å². The lowest BCUT2D eigenvalue weighted by Crippen LogP contribution is -2.15. The second kappa shape index (κ2) is 5.66.